The minimum absolute atomic E-state index is 0.178. The summed E-state index contributed by atoms with van der Waals surface area (Å²) in [5.74, 6) is -0.178. The number of thioether (sulfide) groups is 1. The van der Waals surface area contributed by atoms with Gasteiger partial charge in [0.2, 0.25) is 5.91 Å². The smallest absolute Gasteiger partial charge is 0.238 e. The van der Waals surface area contributed by atoms with Crippen LogP contribution in [0.3, 0.4) is 0 Å². The van der Waals surface area contributed by atoms with Crippen LogP contribution in [0.2, 0.25) is 0 Å². The maximum absolute atomic E-state index is 12.4. The van der Waals surface area contributed by atoms with E-state index in [4.69, 9.17) is 5.26 Å². The van der Waals surface area contributed by atoms with Gasteiger partial charge < -0.3 is 5.32 Å². The van der Waals surface area contributed by atoms with Crippen molar-refractivity contribution >= 4 is 34.0 Å². The van der Waals surface area contributed by atoms with E-state index in [1.54, 1.807) is 24.7 Å². The molecule has 2 heterocycles. The largest absolute Gasteiger partial charge is 0.316 e. The number of benzene rings is 1. The maximum Gasteiger partial charge on any atom is 0.238 e. The van der Waals surface area contributed by atoms with Gasteiger partial charge in [0.15, 0.2) is 5.16 Å². The Morgan fingerprint density at radius 3 is 2.96 bits per heavy atom. The van der Waals surface area contributed by atoms with Gasteiger partial charge in [-0.05, 0) is 36.9 Å². The lowest BCUT2D eigenvalue weighted by molar-refractivity contribution is -0.115. The van der Waals surface area contributed by atoms with E-state index in [0.29, 0.717) is 15.7 Å². The molecule has 0 spiro atoms. The predicted molar refractivity (Wildman–Crippen MR) is 99.1 cm³/mol. The van der Waals surface area contributed by atoms with Crippen molar-refractivity contribution in [1.82, 2.24) is 14.8 Å². The average molecular weight is 369 g/mol. The number of aromatic nitrogens is 3. The summed E-state index contributed by atoms with van der Waals surface area (Å²) >= 11 is 2.66. The number of para-hydroxylation sites is 1. The van der Waals surface area contributed by atoms with Crippen molar-refractivity contribution in [3.63, 3.8) is 0 Å². The third kappa shape index (κ3) is 3.73. The number of anilines is 1. The highest BCUT2D eigenvalue weighted by molar-refractivity contribution is 8.00. The first-order valence-electron chi connectivity index (χ1n) is 7.51. The summed E-state index contributed by atoms with van der Waals surface area (Å²) in [6.07, 6.45) is 1.64. The van der Waals surface area contributed by atoms with E-state index in [0.717, 1.165) is 11.3 Å². The Bertz CT molecular complexity index is 940. The minimum atomic E-state index is -0.388. The van der Waals surface area contributed by atoms with Crippen LogP contribution in [0.1, 0.15) is 18.1 Å². The highest BCUT2D eigenvalue weighted by atomic mass is 32.2. The van der Waals surface area contributed by atoms with Crippen LogP contribution in [-0.2, 0) is 4.79 Å². The van der Waals surface area contributed by atoms with Crippen molar-refractivity contribution in [1.29, 1.82) is 5.26 Å². The Hall–Kier alpha value is -2.63. The van der Waals surface area contributed by atoms with Crippen molar-refractivity contribution < 1.29 is 4.79 Å². The predicted octanol–water partition coefficient (Wildman–Crippen LogP) is 3.63. The fraction of sp³-hybridized carbons (Fsp3) is 0.176. The fourth-order valence-corrected chi connectivity index (χ4v) is 3.80. The second kappa shape index (κ2) is 7.51. The first kappa shape index (κ1) is 17.2. The molecular weight excluding hydrogens is 354 g/mol. The molecular formula is C17H15N5OS2. The van der Waals surface area contributed by atoms with Gasteiger partial charge in [-0.25, -0.2) is 0 Å². The van der Waals surface area contributed by atoms with Gasteiger partial charge in [-0.3, -0.25) is 9.36 Å². The molecule has 1 atom stereocenters. The Morgan fingerprint density at radius 2 is 2.20 bits per heavy atom. The molecule has 1 N–H and O–H groups in total. The molecule has 1 unspecified atom stereocenters. The number of amides is 1. The van der Waals surface area contributed by atoms with Gasteiger partial charge in [-0.2, -0.15) is 5.26 Å². The maximum atomic E-state index is 12.4. The van der Waals surface area contributed by atoms with Crippen LogP contribution in [0, 0.1) is 18.3 Å². The van der Waals surface area contributed by atoms with Crippen LogP contribution in [-0.4, -0.2) is 25.9 Å². The summed E-state index contributed by atoms with van der Waals surface area (Å²) in [5, 5.41) is 22.5. The normalized spacial score (nSPS) is 11.7. The number of nitrogens with one attached hydrogen (secondary N) is 1. The molecule has 2 aromatic heterocycles. The number of carbonyl (C=O) groups excluding carboxylic acids is 1. The van der Waals surface area contributed by atoms with Gasteiger partial charge in [-0.1, -0.05) is 30.0 Å². The van der Waals surface area contributed by atoms with Crippen molar-refractivity contribution in [3.8, 4) is 11.8 Å². The van der Waals surface area contributed by atoms with E-state index < -0.39 is 0 Å². The van der Waals surface area contributed by atoms with Crippen molar-refractivity contribution in [2.75, 3.05) is 5.32 Å². The number of hydrogen-bond donors (Lipinski definition) is 1. The summed E-state index contributed by atoms with van der Waals surface area (Å²) in [6.45, 7) is 3.82. The third-order valence-corrected chi connectivity index (χ3v) is 5.45. The Balaban J connectivity index is 1.75. The molecule has 6 nitrogen and oxygen atoms in total. The van der Waals surface area contributed by atoms with Gasteiger partial charge in [0.25, 0.3) is 0 Å². The van der Waals surface area contributed by atoms with Crippen LogP contribution >= 0.6 is 23.1 Å². The molecule has 0 radical (unpaired) electrons. The third-order valence-electron chi connectivity index (χ3n) is 3.57. The molecule has 0 saturated carbocycles. The molecule has 25 heavy (non-hydrogen) atoms. The Kier molecular flexibility index (Phi) is 5.16. The lowest BCUT2D eigenvalue weighted by Gasteiger charge is -2.13. The molecule has 3 rings (SSSR count). The van der Waals surface area contributed by atoms with E-state index in [1.807, 2.05) is 35.8 Å². The number of rotatable bonds is 5. The highest BCUT2D eigenvalue weighted by Gasteiger charge is 2.20. The molecule has 0 bridgehead atoms. The highest BCUT2D eigenvalue weighted by Crippen LogP contribution is 2.27. The van der Waals surface area contributed by atoms with E-state index in [1.165, 1.54) is 23.1 Å². The van der Waals surface area contributed by atoms with Crippen molar-refractivity contribution in [2.45, 2.75) is 24.3 Å². The number of nitrogens with zero attached hydrogens (tertiary/aromatic N) is 4. The van der Waals surface area contributed by atoms with Crippen LogP contribution in [0.25, 0.3) is 5.69 Å². The number of nitriles is 1. The molecule has 1 amide bonds. The lowest BCUT2D eigenvalue weighted by Crippen LogP contribution is -2.22. The summed E-state index contributed by atoms with van der Waals surface area (Å²) in [4.78, 5) is 12.4. The summed E-state index contributed by atoms with van der Waals surface area (Å²) < 4.78 is 1.87. The topological polar surface area (TPSA) is 83.6 Å². The van der Waals surface area contributed by atoms with E-state index in [-0.39, 0.29) is 11.2 Å². The van der Waals surface area contributed by atoms with Crippen LogP contribution in [0.5, 0.6) is 0 Å². The number of hydrogen-bond acceptors (Lipinski definition) is 6. The SMILES string of the molecule is Cc1ccccc1-n1cnnc1SC(C)C(=O)Nc1sccc1C#N. The number of carbonyl (C=O) groups is 1. The zero-order chi connectivity index (χ0) is 17.8. The molecule has 126 valence electrons. The van der Waals surface area contributed by atoms with Gasteiger partial charge in [0.1, 0.15) is 17.4 Å². The molecule has 0 saturated heterocycles. The minimum Gasteiger partial charge on any atom is -0.316 e. The second-order valence-corrected chi connectivity index (χ2v) is 7.52. The molecule has 0 aliphatic rings. The van der Waals surface area contributed by atoms with E-state index in [9.17, 15) is 4.79 Å². The first-order chi connectivity index (χ1) is 12.1. The zero-order valence-electron chi connectivity index (χ0n) is 13.6. The van der Waals surface area contributed by atoms with Crippen LogP contribution < -0.4 is 5.32 Å². The summed E-state index contributed by atoms with van der Waals surface area (Å²) in [7, 11) is 0. The first-order valence-corrected chi connectivity index (χ1v) is 9.27. The molecule has 1 aromatic carbocycles. The fourth-order valence-electron chi connectivity index (χ4n) is 2.22. The monoisotopic (exact) mass is 369 g/mol. The summed E-state index contributed by atoms with van der Waals surface area (Å²) in [6, 6.07) is 11.7. The molecule has 0 fully saturated rings. The quantitative estimate of drug-likeness (QED) is 0.694. The lowest BCUT2D eigenvalue weighted by atomic mass is 10.2. The second-order valence-electron chi connectivity index (χ2n) is 5.29. The summed E-state index contributed by atoms with van der Waals surface area (Å²) in [5.41, 5.74) is 2.55. The van der Waals surface area contributed by atoms with Crippen molar-refractivity contribution in [2.24, 2.45) is 0 Å². The van der Waals surface area contributed by atoms with Gasteiger partial charge in [0, 0.05) is 0 Å². The van der Waals surface area contributed by atoms with Crippen LogP contribution in [0.15, 0.2) is 47.2 Å². The zero-order valence-corrected chi connectivity index (χ0v) is 15.3. The molecule has 0 aliphatic heterocycles. The van der Waals surface area contributed by atoms with Crippen molar-refractivity contribution in [3.05, 3.63) is 53.2 Å². The average Bonchev–Trinajstić information content (AvgIpc) is 3.24. The van der Waals surface area contributed by atoms with Gasteiger partial charge in [0.05, 0.1) is 16.5 Å². The van der Waals surface area contributed by atoms with E-state index >= 15 is 0 Å². The molecule has 8 heteroatoms. The van der Waals surface area contributed by atoms with Gasteiger partial charge >= 0.3 is 0 Å². The number of aryl methyl sites for hydroxylation is 1. The molecule has 3 aromatic rings. The van der Waals surface area contributed by atoms with E-state index in [2.05, 4.69) is 21.6 Å². The van der Waals surface area contributed by atoms with Gasteiger partial charge in [-0.15, -0.1) is 21.5 Å². The number of thiophene rings is 1. The Labute approximate surface area is 153 Å². The molecule has 0 aliphatic carbocycles. The Morgan fingerprint density at radius 1 is 1.40 bits per heavy atom. The standard InChI is InChI=1S/C17H15N5OS2/c1-11-5-3-4-6-14(11)22-10-19-21-17(22)25-12(2)15(23)20-16-13(9-18)7-8-24-16/h3-8,10,12H,1-2H3,(H,20,23). The van der Waals surface area contributed by atoms with Crippen LogP contribution in [0.4, 0.5) is 5.00 Å².